The maximum Gasteiger partial charge on any atom is 0.417 e. The summed E-state index contributed by atoms with van der Waals surface area (Å²) in [6.07, 6.45) is -4.15. The van der Waals surface area contributed by atoms with E-state index < -0.39 is 17.5 Å². The SMILES string of the molecule is Cc1ccc(C(=O)/C=C(\c2cc(Cl)cc(Cl)c2)C(F)(F)F)c2ccccc12. The highest BCUT2D eigenvalue weighted by Gasteiger charge is 2.35. The standard InChI is InChI=1S/C21H13Cl2F3O/c1-12-6-7-18(17-5-3-2-4-16(12)17)20(27)11-19(21(24,25)26)13-8-14(22)10-15(23)9-13/h2-11H,1H3/b19-11+. The maximum absolute atomic E-state index is 13.6. The summed E-state index contributed by atoms with van der Waals surface area (Å²) in [4.78, 5) is 12.7. The fourth-order valence-corrected chi connectivity index (χ4v) is 3.44. The van der Waals surface area contributed by atoms with Crippen LogP contribution in [0.4, 0.5) is 13.2 Å². The van der Waals surface area contributed by atoms with Crippen LogP contribution in [0.3, 0.4) is 0 Å². The highest BCUT2D eigenvalue weighted by Crippen LogP contribution is 2.37. The molecule has 0 fully saturated rings. The zero-order valence-electron chi connectivity index (χ0n) is 14.1. The largest absolute Gasteiger partial charge is 0.417 e. The Morgan fingerprint density at radius 3 is 2.11 bits per heavy atom. The molecule has 27 heavy (non-hydrogen) atoms. The molecule has 138 valence electrons. The van der Waals surface area contributed by atoms with E-state index >= 15 is 0 Å². The highest BCUT2D eigenvalue weighted by molar-refractivity contribution is 6.35. The Balaban J connectivity index is 2.17. The average Bonchev–Trinajstić information content (AvgIpc) is 2.58. The summed E-state index contributed by atoms with van der Waals surface area (Å²) in [5.74, 6) is -0.741. The van der Waals surface area contributed by atoms with E-state index in [4.69, 9.17) is 23.2 Å². The first-order valence-electron chi connectivity index (χ1n) is 7.95. The van der Waals surface area contributed by atoms with Crippen LogP contribution in [0.1, 0.15) is 21.5 Å². The van der Waals surface area contributed by atoms with E-state index in [-0.39, 0.29) is 21.2 Å². The molecule has 0 bridgehead atoms. The molecule has 0 amide bonds. The Kier molecular flexibility index (Phi) is 5.31. The minimum Gasteiger partial charge on any atom is -0.289 e. The lowest BCUT2D eigenvalue weighted by molar-refractivity contribution is -0.0689. The second kappa shape index (κ2) is 7.37. The lowest BCUT2D eigenvalue weighted by Crippen LogP contribution is -2.13. The minimum atomic E-state index is -4.75. The Labute approximate surface area is 164 Å². The molecule has 0 aromatic heterocycles. The zero-order chi connectivity index (χ0) is 19.8. The van der Waals surface area contributed by atoms with Crippen LogP contribution in [-0.4, -0.2) is 12.0 Å². The van der Waals surface area contributed by atoms with Crippen LogP contribution >= 0.6 is 23.2 Å². The summed E-state index contributed by atoms with van der Waals surface area (Å²) >= 11 is 11.7. The average molecular weight is 409 g/mol. The summed E-state index contributed by atoms with van der Waals surface area (Å²) in [6, 6.07) is 13.9. The van der Waals surface area contributed by atoms with Gasteiger partial charge in [0.15, 0.2) is 5.78 Å². The van der Waals surface area contributed by atoms with Gasteiger partial charge < -0.3 is 0 Å². The van der Waals surface area contributed by atoms with Crippen LogP contribution in [-0.2, 0) is 0 Å². The molecule has 3 rings (SSSR count). The third kappa shape index (κ3) is 4.18. The van der Waals surface area contributed by atoms with Crippen LogP contribution < -0.4 is 0 Å². The Hall–Kier alpha value is -2.30. The van der Waals surface area contributed by atoms with E-state index in [0.717, 1.165) is 23.1 Å². The predicted octanol–water partition coefficient (Wildman–Crippen LogP) is 7.28. The number of alkyl halides is 3. The van der Waals surface area contributed by atoms with Gasteiger partial charge in [0.25, 0.3) is 0 Å². The number of carbonyl (C=O) groups is 1. The van der Waals surface area contributed by atoms with Crippen LogP contribution in [0, 0.1) is 6.92 Å². The molecular weight excluding hydrogens is 396 g/mol. The normalized spacial score (nSPS) is 12.4. The summed E-state index contributed by atoms with van der Waals surface area (Å²) in [6.45, 7) is 1.88. The molecule has 0 saturated carbocycles. The van der Waals surface area contributed by atoms with Crippen molar-refractivity contribution in [3.63, 3.8) is 0 Å². The Morgan fingerprint density at radius 1 is 0.926 bits per heavy atom. The first-order chi connectivity index (χ1) is 12.7. The molecule has 0 heterocycles. The smallest absolute Gasteiger partial charge is 0.289 e. The van der Waals surface area contributed by atoms with Gasteiger partial charge in [0.05, 0.1) is 5.57 Å². The van der Waals surface area contributed by atoms with Crippen LogP contribution in [0.5, 0.6) is 0 Å². The van der Waals surface area contributed by atoms with E-state index in [1.54, 1.807) is 18.2 Å². The van der Waals surface area contributed by atoms with Gasteiger partial charge in [-0.25, -0.2) is 0 Å². The quantitative estimate of drug-likeness (QED) is 0.328. The predicted molar refractivity (Wildman–Crippen MR) is 104 cm³/mol. The molecule has 0 aliphatic rings. The maximum atomic E-state index is 13.6. The summed E-state index contributed by atoms with van der Waals surface area (Å²) in [5, 5.41) is 1.53. The number of ketones is 1. The van der Waals surface area contributed by atoms with E-state index in [1.807, 2.05) is 19.1 Å². The third-order valence-electron chi connectivity index (χ3n) is 4.16. The van der Waals surface area contributed by atoms with Crippen molar-refractivity contribution in [1.29, 1.82) is 0 Å². The summed E-state index contributed by atoms with van der Waals surface area (Å²) in [5.41, 5.74) is -0.221. The highest BCUT2D eigenvalue weighted by atomic mass is 35.5. The van der Waals surface area contributed by atoms with E-state index in [0.29, 0.717) is 11.5 Å². The van der Waals surface area contributed by atoms with Crippen molar-refractivity contribution in [2.75, 3.05) is 0 Å². The number of hydrogen-bond donors (Lipinski definition) is 0. The topological polar surface area (TPSA) is 17.1 Å². The lowest BCUT2D eigenvalue weighted by atomic mass is 9.95. The number of halogens is 5. The Morgan fingerprint density at radius 2 is 1.52 bits per heavy atom. The molecule has 0 radical (unpaired) electrons. The molecule has 3 aromatic carbocycles. The van der Waals surface area contributed by atoms with Crippen molar-refractivity contribution in [2.45, 2.75) is 13.1 Å². The molecule has 0 spiro atoms. The van der Waals surface area contributed by atoms with Crippen molar-refractivity contribution in [3.8, 4) is 0 Å². The van der Waals surface area contributed by atoms with Crippen LogP contribution in [0.2, 0.25) is 10.0 Å². The van der Waals surface area contributed by atoms with Gasteiger partial charge in [-0.15, -0.1) is 0 Å². The van der Waals surface area contributed by atoms with Crippen molar-refractivity contribution in [3.05, 3.63) is 87.4 Å². The van der Waals surface area contributed by atoms with E-state index in [2.05, 4.69) is 0 Å². The molecule has 1 nitrogen and oxygen atoms in total. The van der Waals surface area contributed by atoms with Crippen LogP contribution in [0.25, 0.3) is 16.3 Å². The molecule has 3 aromatic rings. The van der Waals surface area contributed by atoms with Gasteiger partial charge in [0.2, 0.25) is 0 Å². The molecule has 0 aliphatic heterocycles. The molecule has 0 atom stereocenters. The monoisotopic (exact) mass is 408 g/mol. The van der Waals surface area contributed by atoms with Gasteiger partial charge in [-0.05, 0) is 53.1 Å². The van der Waals surface area contributed by atoms with Gasteiger partial charge in [-0.2, -0.15) is 13.2 Å². The van der Waals surface area contributed by atoms with Crippen molar-refractivity contribution >= 4 is 45.3 Å². The number of allylic oxidation sites excluding steroid dienone is 2. The number of hydrogen-bond acceptors (Lipinski definition) is 1. The van der Waals surface area contributed by atoms with Crippen molar-refractivity contribution < 1.29 is 18.0 Å². The number of rotatable bonds is 3. The second-order valence-electron chi connectivity index (χ2n) is 6.05. The molecule has 6 heteroatoms. The first-order valence-corrected chi connectivity index (χ1v) is 8.70. The molecule has 0 aliphatic carbocycles. The first kappa shape index (κ1) is 19.5. The fraction of sp³-hybridized carbons (Fsp3) is 0.0952. The van der Waals surface area contributed by atoms with Crippen LogP contribution in [0.15, 0.2) is 60.7 Å². The van der Waals surface area contributed by atoms with Gasteiger partial charge in [0.1, 0.15) is 0 Å². The van der Waals surface area contributed by atoms with E-state index in [9.17, 15) is 18.0 Å². The van der Waals surface area contributed by atoms with Gasteiger partial charge in [0, 0.05) is 15.6 Å². The van der Waals surface area contributed by atoms with Gasteiger partial charge in [-0.1, -0.05) is 59.6 Å². The number of benzene rings is 3. The number of aryl methyl sites for hydroxylation is 1. The van der Waals surface area contributed by atoms with Gasteiger partial charge >= 0.3 is 6.18 Å². The van der Waals surface area contributed by atoms with Crippen molar-refractivity contribution in [2.24, 2.45) is 0 Å². The Bertz CT molecular complexity index is 1050. The number of carbonyl (C=O) groups excluding carboxylic acids is 1. The van der Waals surface area contributed by atoms with Crippen molar-refractivity contribution in [1.82, 2.24) is 0 Å². The number of fused-ring (bicyclic) bond motifs is 1. The summed E-state index contributed by atoms with van der Waals surface area (Å²) in [7, 11) is 0. The fourth-order valence-electron chi connectivity index (χ4n) is 2.91. The third-order valence-corrected chi connectivity index (χ3v) is 4.60. The lowest BCUT2D eigenvalue weighted by Gasteiger charge is -2.13. The second-order valence-corrected chi connectivity index (χ2v) is 6.93. The molecular formula is C21H13Cl2F3O. The summed E-state index contributed by atoms with van der Waals surface area (Å²) < 4.78 is 40.8. The minimum absolute atomic E-state index is 0.0564. The van der Waals surface area contributed by atoms with E-state index in [1.165, 1.54) is 12.1 Å². The molecule has 0 saturated heterocycles. The van der Waals surface area contributed by atoms with Gasteiger partial charge in [-0.3, -0.25) is 4.79 Å². The molecule has 0 N–H and O–H groups in total. The molecule has 0 unspecified atom stereocenters. The zero-order valence-corrected chi connectivity index (χ0v) is 15.6.